The second-order valence-electron chi connectivity index (χ2n) is 2.93. The quantitative estimate of drug-likeness (QED) is 0.870. The molecular formula is C10H13BrN2O2. The van der Waals surface area contributed by atoms with E-state index in [4.69, 9.17) is 10.5 Å². The molecule has 0 aliphatic heterocycles. The van der Waals surface area contributed by atoms with Gasteiger partial charge in [0.2, 0.25) is 0 Å². The minimum absolute atomic E-state index is 0.160. The molecule has 15 heavy (non-hydrogen) atoms. The number of halogens is 1. The maximum Gasteiger partial charge on any atom is 0.254 e. The predicted molar refractivity (Wildman–Crippen MR) is 62.6 cm³/mol. The Bertz CT molecular complexity index is 340. The molecule has 0 saturated heterocycles. The molecule has 0 heterocycles. The van der Waals surface area contributed by atoms with Gasteiger partial charge in [-0.05, 0) is 28.1 Å². The van der Waals surface area contributed by atoms with Gasteiger partial charge in [-0.1, -0.05) is 12.1 Å². The lowest BCUT2D eigenvalue weighted by Crippen LogP contribution is -2.35. The first-order valence-corrected chi connectivity index (χ1v) is 5.26. The first kappa shape index (κ1) is 12.2. The van der Waals surface area contributed by atoms with E-state index < -0.39 is 6.10 Å². The van der Waals surface area contributed by atoms with Crippen molar-refractivity contribution in [3.05, 3.63) is 28.7 Å². The van der Waals surface area contributed by atoms with Crippen molar-refractivity contribution in [3.63, 3.8) is 0 Å². The SMILES string of the molecule is COC(CN)C(=O)Nc1ccccc1Br. The molecule has 0 fully saturated rings. The van der Waals surface area contributed by atoms with Gasteiger partial charge in [0.1, 0.15) is 6.10 Å². The third kappa shape index (κ3) is 3.30. The zero-order valence-corrected chi connectivity index (χ0v) is 9.95. The average Bonchev–Trinajstić information content (AvgIpc) is 2.23. The van der Waals surface area contributed by atoms with E-state index in [2.05, 4.69) is 21.2 Å². The Labute approximate surface area is 96.9 Å². The Balaban J connectivity index is 2.70. The minimum atomic E-state index is -0.614. The minimum Gasteiger partial charge on any atom is -0.370 e. The summed E-state index contributed by atoms with van der Waals surface area (Å²) in [4.78, 5) is 11.6. The number of hydrogen-bond donors (Lipinski definition) is 2. The van der Waals surface area contributed by atoms with Gasteiger partial charge in [-0.25, -0.2) is 0 Å². The number of amides is 1. The fourth-order valence-corrected chi connectivity index (χ4v) is 1.47. The van der Waals surface area contributed by atoms with Gasteiger partial charge in [0.05, 0.1) is 5.69 Å². The molecule has 0 saturated carbocycles. The topological polar surface area (TPSA) is 64.3 Å². The number of ether oxygens (including phenoxy) is 1. The normalized spacial score (nSPS) is 12.2. The summed E-state index contributed by atoms with van der Waals surface area (Å²) < 4.78 is 5.75. The van der Waals surface area contributed by atoms with Crippen molar-refractivity contribution in [1.82, 2.24) is 0 Å². The summed E-state index contributed by atoms with van der Waals surface area (Å²) in [7, 11) is 1.46. The number of benzene rings is 1. The van der Waals surface area contributed by atoms with Gasteiger partial charge in [0, 0.05) is 18.1 Å². The molecule has 1 unspecified atom stereocenters. The van der Waals surface area contributed by atoms with Crippen molar-refractivity contribution >= 4 is 27.5 Å². The smallest absolute Gasteiger partial charge is 0.254 e. The van der Waals surface area contributed by atoms with Crippen LogP contribution in [0.3, 0.4) is 0 Å². The number of methoxy groups -OCH3 is 1. The van der Waals surface area contributed by atoms with E-state index in [0.717, 1.165) is 4.47 Å². The van der Waals surface area contributed by atoms with E-state index in [9.17, 15) is 4.79 Å². The van der Waals surface area contributed by atoms with E-state index in [1.165, 1.54) is 7.11 Å². The molecule has 1 aromatic rings. The molecular weight excluding hydrogens is 260 g/mol. The van der Waals surface area contributed by atoms with Gasteiger partial charge in [0.25, 0.3) is 5.91 Å². The second-order valence-corrected chi connectivity index (χ2v) is 3.78. The number of carbonyl (C=O) groups excluding carboxylic acids is 1. The Morgan fingerprint density at radius 2 is 2.27 bits per heavy atom. The number of nitrogens with two attached hydrogens (primary N) is 1. The summed E-state index contributed by atoms with van der Waals surface area (Å²) in [6, 6.07) is 7.35. The van der Waals surface area contributed by atoms with Crippen molar-refractivity contribution in [2.75, 3.05) is 19.0 Å². The highest BCUT2D eigenvalue weighted by molar-refractivity contribution is 9.10. The summed E-state index contributed by atoms with van der Waals surface area (Å²) in [6.07, 6.45) is -0.614. The van der Waals surface area contributed by atoms with Crippen LogP contribution in [0.1, 0.15) is 0 Å². The van der Waals surface area contributed by atoms with Crippen LogP contribution in [0.25, 0.3) is 0 Å². The standard InChI is InChI=1S/C10H13BrN2O2/c1-15-9(6-12)10(14)13-8-5-3-2-4-7(8)11/h2-5,9H,6,12H2,1H3,(H,13,14). The van der Waals surface area contributed by atoms with Crippen LogP contribution in [0.2, 0.25) is 0 Å². The summed E-state index contributed by atoms with van der Waals surface area (Å²) in [5, 5.41) is 2.72. The first-order valence-electron chi connectivity index (χ1n) is 4.47. The lowest BCUT2D eigenvalue weighted by atomic mass is 10.3. The number of carbonyl (C=O) groups is 1. The molecule has 0 radical (unpaired) electrons. The summed E-state index contributed by atoms with van der Waals surface area (Å²) in [5.41, 5.74) is 6.08. The highest BCUT2D eigenvalue weighted by Gasteiger charge is 2.16. The molecule has 0 aliphatic carbocycles. The van der Waals surface area contributed by atoms with E-state index in [1.807, 2.05) is 18.2 Å². The van der Waals surface area contributed by atoms with Crippen molar-refractivity contribution < 1.29 is 9.53 Å². The molecule has 1 atom stereocenters. The first-order chi connectivity index (χ1) is 7.19. The second kappa shape index (κ2) is 5.85. The van der Waals surface area contributed by atoms with Gasteiger partial charge >= 0.3 is 0 Å². The number of rotatable bonds is 4. The van der Waals surface area contributed by atoms with Gasteiger partial charge in [0.15, 0.2) is 0 Å². The number of nitrogens with one attached hydrogen (secondary N) is 1. The average molecular weight is 273 g/mol. The van der Waals surface area contributed by atoms with Crippen LogP contribution in [0, 0.1) is 0 Å². The van der Waals surface area contributed by atoms with E-state index in [0.29, 0.717) is 5.69 Å². The van der Waals surface area contributed by atoms with Crippen molar-refractivity contribution in [1.29, 1.82) is 0 Å². The van der Waals surface area contributed by atoms with E-state index in [1.54, 1.807) is 6.07 Å². The Morgan fingerprint density at radius 1 is 1.60 bits per heavy atom. The van der Waals surface area contributed by atoms with Crippen molar-refractivity contribution in [2.45, 2.75) is 6.10 Å². The molecule has 1 rings (SSSR count). The molecule has 82 valence electrons. The molecule has 0 aliphatic rings. The summed E-state index contributed by atoms with van der Waals surface area (Å²) >= 11 is 3.33. The zero-order chi connectivity index (χ0) is 11.3. The highest BCUT2D eigenvalue weighted by atomic mass is 79.9. The van der Waals surface area contributed by atoms with Crippen LogP contribution in [0.4, 0.5) is 5.69 Å². The van der Waals surface area contributed by atoms with Crippen LogP contribution >= 0.6 is 15.9 Å². The number of para-hydroxylation sites is 1. The predicted octanol–water partition coefficient (Wildman–Crippen LogP) is 1.36. The molecule has 5 heteroatoms. The fourth-order valence-electron chi connectivity index (χ4n) is 1.09. The van der Waals surface area contributed by atoms with Crippen LogP contribution in [-0.4, -0.2) is 25.7 Å². The molecule has 0 bridgehead atoms. The lowest BCUT2D eigenvalue weighted by molar-refractivity contribution is -0.125. The largest absolute Gasteiger partial charge is 0.370 e. The summed E-state index contributed by atoms with van der Waals surface area (Å²) in [6.45, 7) is 0.160. The molecule has 4 nitrogen and oxygen atoms in total. The maximum absolute atomic E-state index is 11.6. The third-order valence-electron chi connectivity index (χ3n) is 1.92. The number of hydrogen-bond acceptors (Lipinski definition) is 3. The van der Waals surface area contributed by atoms with E-state index >= 15 is 0 Å². The van der Waals surface area contributed by atoms with Crippen LogP contribution in [0.15, 0.2) is 28.7 Å². The Kier molecular flexibility index (Phi) is 4.74. The third-order valence-corrected chi connectivity index (χ3v) is 2.61. The van der Waals surface area contributed by atoms with Crippen LogP contribution in [0.5, 0.6) is 0 Å². The van der Waals surface area contributed by atoms with Crippen LogP contribution in [-0.2, 0) is 9.53 Å². The van der Waals surface area contributed by atoms with E-state index in [-0.39, 0.29) is 12.5 Å². The van der Waals surface area contributed by atoms with Crippen molar-refractivity contribution in [2.24, 2.45) is 5.73 Å². The highest BCUT2D eigenvalue weighted by Crippen LogP contribution is 2.21. The Hall–Kier alpha value is -0.910. The summed E-state index contributed by atoms with van der Waals surface area (Å²) in [5.74, 6) is -0.244. The number of anilines is 1. The maximum atomic E-state index is 11.6. The molecule has 0 spiro atoms. The van der Waals surface area contributed by atoms with Gasteiger partial charge in [-0.3, -0.25) is 4.79 Å². The molecule has 0 aromatic heterocycles. The zero-order valence-electron chi connectivity index (χ0n) is 8.37. The lowest BCUT2D eigenvalue weighted by Gasteiger charge is -2.13. The van der Waals surface area contributed by atoms with Crippen molar-refractivity contribution in [3.8, 4) is 0 Å². The molecule has 1 amide bonds. The molecule has 1 aromatic carbocycles. The van der Waals surface area contributed by atoms with Gasteiger partial charge < -0.3 is 15.8 Å². The molecule has 3 N–H and O–H groups in total. The van der Waals surface area contributed by atoms with Gasteiger partial charge in [-0.2, -0.15) is 0 Å². The monoisotopic (exact) mass is 272 g/mol. The van der Waals surface area contributed by atoms with Crippen LogP contribution < -0.4 is 11.1 Å². The Morgan fingerprint density at radius 3 is 2.80 bits per heavy atom. The van der Waals surface area contributed by atoms with Gasteiger partial charge in [-0.15, -0.1) is 0 Å². The fraction of sp³-hybridized carbons (Fsp3) is 0.300.